The molecule has 1 aromatic rings. The second kappa shape index (κ2) is 6.14. The molecule has 2 nitrogen and oxygen atoms in total. The second-order valence-corrected chi connectivity index (χ2v) is 5.15. The number of nitrogens with one attached hydrogen (secondary N) is 1. The van der Waals surface area contributed by atoms with Crippen molar-refractivity contribution >= 4 is 5.69 Å². The fourth-order valence-electron chi connectivity index (χ4n) is 2.87. The van der Waals surface area contributed by atoms with Crippen LogP contribution in [-0.4, -0.2) is 6.17 Å². The molecule has 19 heavy (non-hydrogen) atoms. The Hall–Kier alpha value is -1.44. The molecule has 0 radical (unpaired) electrons. The number of rotatable bonds is 1. The van der Waals surface area contributed by atoms with Gasteiger partial charge in [-0.2, -0.15) is 0 Å². The highest BCUT2D eigenvalue weighted by molar-refractivity contribution is 5.65. The predicted octanol–water partition coefficient (Wildman–Crippen LogP) is 4.65. The monoisotopic (exact) mass is 260 g/mol. The maximum absolute atomic E-state index is 3.49. The molecule has 0 amide bonds. The number of hydrogen-bond donors (Lipinski definition) is 1. The van der Waals surface area contributed by atoms with Crippen molar-refractivity contribution in [3.63, 3.8) is 0 Å². The lowest BCUT2D eigenvalue weighted by atomic mass is 10.0. The van der Waals surface area contributed by atoms with Gasteiger partial charge >= 0.3 is 0 Å². The summed E-state index contributed by atoms with van der Waals surface area (Å²) in [4.78, 5) is 2.40. The van der Waals surface area contributed by atoms with Gasteiger partial charge in [-0.05, 0) is 52.7 Å². The minimum Gasteiger partial charge on any atom is -0.367 e. The first kappa shape index (κ1) is 15.6. The SMILES string of the molecule is CC.CC1=C(C)N(c2c(C)cc(C)cc2C)C(C)N1. The molecule has 2 heteroatoms. The topological polar surface area (TPSA) is 15.3 Å². The maximum Gasteiger partial charge on any atom is 0.100 e. The number of anilines is 1. The van der Waals surface area contributed by atoms with E-state index < -0.39 is 0 Å². The van der Waals surface area contributed by atoms with Gasteiger partial charge in [0.15, 0.2) is 0 Å². The van der Waals surface area contributed by atoms with Gasteiger partial charge in [-0.15, -0.1) is 0 Å². The molecule has 0 fully saturated rings. The van der Waals surface area contributed by atoms with Crippen LogP contribution in [0.3, 0.4) is 0 Å². The molecule has 1 aromatic carbocycles. The van der Waals surface area contributed by atoms with Gasteiger partial charge in [0, 0.05) is 17.1 Å². The van der Waals surface area contributed by atoms with Crippen molar-refractivity contribution in [1.29, 1.82) is 0 Å². The van der Waals surface area contributed by atoms with Crippen LogP contribution in [0.1, 0.15) is 51.3 Å². The molecule has 0 spiro atoms. The first-order chi connectivity index (χ1) is 8.91. The molecule has 0 saturated carbocycles. The van der Waals surface area contributed by atoms with E-state index in [2.05, 4.69) is 63.9 Å². The number of nitrogens with zero attached hydrogens (tertiary/aromatic N) is 1. The minimum absolute atomic E-state index is 0.343. The lowest BCUT2D eigenvalue weighted by molar-refractivity contribution is 0.659. The van der Waals surface area contributed by atoms with E-state index in [9.17, 15) is 0 Å². The third-order valence-electron chi connectivity index (χ3n) is 3.59. The first-order valence-corrected chi connectivity index (χ1v) is 7.23. The smallest absolute Gasteiger partial charge is 0.100 e. The molecule has 1 atom stereocenters. The number of aryl methyl sites for hydroxylation is 3. The Balaban J connectivity index is 0.000000861. The van der Waals surface area contributed by atoms with Gasteiger partial charge in [-0.3, -0.25) is 0 Å². The van der Waals surface area contributed by atoms with Crippen molar-refractivity contribution in [2.75, 3.05) is 4.90 Å². The van der Waals surface area contributed by atoms with E-state index >= 15 is 0 Å². The van der Waals surface area contributed by atoms with Crippen molar-refractivity contribution < 1.29 is 0 Å². The number of benzene rings is 1. The normalized spacial score (nSPS) is 18.1. The molecule has 2 rings (SSSR count). The van der Waals surface area contributed by atoms with Crippen LogP contribution in [0.5, 0.6) is 0 Å². The summed E-state index contributed by atoms with van der Waals surface area (Å²) < 4.78 is 0. The molecule has 1 aliphatic heterocycles. The molecule has 0 bridgehead atoms. The quantitative estimate of drug-likeness (QED) is 0.791. The average Bonchev–Trinajstić information content (AvgIpc) is 2.57. The van der Waals surface area contributed by atoms with Gasteiger partial charge in [-0.1, -0.05) is 31.5 Å². The Bertz CT molecular complexity index is 463. The third kappa shape index (κ3) is 2.94. The van der Waals surface area contributed by atoms with Crippen LogP contribution in [-0.2, 0) is 0 Å². The fraction of sp³-hybridized carbons (Fsp3) is 0.529. The fourth-order valence-corrected chi connectivity index (χ4v) is 2.87. The van der Waals surface area contributed by atoms with E-state index in [-0.39, 0.29) is 0 Å². The van der Waals surface area contributed by atoms with E-state index in [1.54, 1.807) is 0 Å². The highest BCUT2D eigenvalue weighted by Gasteiger charge is 2.26. The van der Waals surface area contributed by atoms with E-state index in [4.69, 9.17) is 0 Å². The van der Waals surface area contributed by atoms with E-state index in [0.29, 0.717) is 6.17 Å². The van der Waals surface area contributed by atoms with Crippen LogP contribution in [0.15, 0.2) is 23.5 Å². The van der Waals surface area contributed by atoms with Crippen LogP contribution in [0.4, 0.5) is 5.69 Å². The Morgan fingerprint density at radius 3 is 1.79 bits per heavy atom. The Morgan fingerprint density at radius 1 is 0.947 bits per heavy atom. The van der Waals surface area contributed by atoms with Crippen LogP contribution in [0, 0.1) is 20.8 Å². The van der Waals surface area contributed by atoms with Crippen LogP contribution in [0.25, 0.3) is 0 Å². The van der Waals surface area contributed by atoms with Crippen LogP contribution >= 0.6 is 0 Å². The van der Waals surface area contributed by atoms with Crippen molar-refractivity contribution in [2.45, 2.75) is 61.6 Å². The standard InChI is InChI=1S/C15H22N2.C2H6/c1-9-7-10(2)15(11(3)8-9)17-13(5)12(4)16-14(17)6;1-2/h7-8,14,16H,1-6H3;1-2H3. The lowest BCUT2D eigenvalue weighted by Crippen LogP contribution is -2.35. The molecule has 1 aliphatic rings. The summed E-state index contributed by atoms with van der Waals surface area (Å²) in [7, 11) is 0. The van der Waals surface area contributed by atoms with E-state index in [0.717, 1.165) is 0 Å². The number of allylic oxidation sites excluding steroid dienone is 2. The summed E-state index contributed by atoms with van der Waals surface area (Å²) in [5.41, 5.74) is 7.99. The third-order valence-corrected chi connectivity index (χ3v) is 3.59. The summed E-state index contributed by atoms with van der Waals surface area (Å²) in [6.07, 6.45) is 0.343. The molecule has 1 unspecified atom stereocenters. The van der Waals surface area contributed by atoms with Crippen molar-refractivity contribution in [3.8, 4) is 0 Å². The molecule has 1 heterocycles. The molecule has 0 aliphatic carbocycles. The summed E-state index contributed by atoms with van der Waals surface area (Å²) in [5.74, 6) is 0. The Labute approximate surface area is 118 Å². The van der Waals surface area contributed by atoms with Gasteiger partial charge in [0.25, 0.3) is 0 Å². The van der Waals surface area contributed by atoms with Gasteiger partial charge < -0.3 is 10.2 Å². The predicted molar refractivity (Wildman–Crippen MR) is 85.5 cm³/mol. The lowest BCUT2D eigenvalue weighted by Gasteiger charge is -2.29. The van der Waals surface area contributed by atoms with Gasteiger partial charge in [0.2, 0.25) is 0 Å². The average molecular weight is 260 g/mol. The zero-order chi connectivity index (χ0) is 14.7. The Kier molecular flexibility index (Phi) is 5.04. The van der Waals surface area contributed by atoms with Crippen LogP contribution < -0.4 is 10.2 Å². The van der Waals surface area contributed by atoms with Crippen molar-refractivity contribution in [3.05, 3.63) is 40.2 Å². The molecule has 0 aromatic heterocycles. The van der Waals surface area contributed by atoms with Gasteiger partial charge in [0.05, 0.1) is 0 Å². The number of hydrogen-bond acceptors (Lipinski definition) is 2. The van der Waals surface area contributed by atoms with Gasteiger partial charge in [0.1, 0.15) is 6.17 Å². The zero-order valence-corrected chi connectivity index (χ0v) is 13.7. The minimum atomic E-state index is 0.343. The van der Waals surface area contributed by atoms with Crippen molar-refractivity contribution in [1.82, 2.24) is 5.32 Å². The molecule has 1 N–H and O–H groups in total. The molecule has 0 saturated heterocycles. The first-order valence-electron chi connectivity index (χ1n) is 7.23. The summed E-state index contributed by atoms with van der Waals surface area (Å²) in [5, 5.41) is 3.49. The van der Waals surface area contributed by atoms with E-state index in [1.807, 2.05) is 13.8 Å². The van der Waals surface area contributed by atoms with Gasteiger partial charge in [-0.25, -0.2) is 0 Å². The highest BCUT2D eigenvalue weighted by atomic mass is 15.3. The van der Waals surface area contributed by atoms with Crippen LogP contribution in [0.2, 0.25) is 0 Å². The highest BCUT2D eigenvalue weighted by Crippen LogP contribution is 2.33. The summed E-state index contributed by atoms with van der Waals surface area (Å²) in [6, 6.07) is 4.52. The zero-order valence-electron chi connectivity index (χ0n) is 13.7. The molecular weight excluding hydrogens is 232 g/mol. The molecular formula is C17H28N2. The summed E-state index contributed by atoms with van der Waals surface area (Å²) >= 11 is 0. The van der Waals surface area contributed by atoms with E-state index in [1.165, 1.54) is 33.8 Å². The molecule has 106 valence electrons. The Morgan fingerprint density at radius 2 is 1.42 bits per heavy atom. The maximum atomic E-state index is 3.49. The second-order valence-electron chi connectivity index (χ2n) is 5.15. The summed E-state index contributed by atoms with van der Waals surface area (Å²) in [6.45, 7) is 17.1. The largest absolute Gasteiger partial charge is 0.367 e. The van der Waals surface area contributed by atoms with Crippen molar-refractivity contribution in [2.24, 2.45) is 0 Å².